The number of aromatic nitrogens is 2. The van der Waals surface area contributed by atoms with Gasteiger partial charge in [-0.15, -0.1) is 11.3 Å². The van der Waals surface area contributed by atoms with Gasteiger partial charge < -0.3 is 10.1 Å². The number of carboxylic acid groups (broad SMARTS) is 1. The van der Waals surface area contributed by atoms with E-state index in [0.717, 1.165) is 10.4 Å². The smallest absolute Gasteiger partial charge is 0.335 e. The fraction of sp³-hybridized carbons (Fsp3) is 0. The minimum absolute atomic E-state index is 0.0451. The van der Waals surface area contributed by atoms with Gasteiger partial charge in [0.15, 0.2) is 4.77 Å². The summed E-state index contributed by atoms with van der Waals surface area (Å²) in [7, 11) is 0. The van der Waals surface area contributed by atoms with Crippen LogP contribution in [0.2, 0.25) is 0 Å². The Hall–Kier alpha value is -3.02. The Labute approximate surface area is 144 Å². The average Bonchev–Trinajstić information content (AvgIpc) is 3.04. The molecule has 0 aliphatic rings. The number of thiophene rings is 1. The number of rotatable bonds is 3. The molecule has 8 heteroatoms. The minimum Gasteiger partial charge on any atom is -0.478 e. The maximum absolute atomic E-state index is 11.8. The van der Waals surface area contributed by atoms with Crippen LogP contribution in [-0.2, 0) is 0 Å². The zero-order valence-electron chi connectivity index (χ0n) is 12.0. The van der Waals surface area contributed by atoms with Gasteiger partial charge in [0.1, 0.15) is 11.6 Å². The van der Waals surface area contributed by atoms with Crippen LogP contribution < -0.4 is 5.56 Å². The first-order valence-electron chi connectivity index (χ1n) is 6.70. The molecule has 0 saturated carbocycles. The van der Waals surface area contributed by atoms with Crippen molar-refractivity contribution in [2.45, 2.75) is 0 Å². The highest BCUT2D eigenvalue weighted by Crippen LogP contribution is 2.34. The van der Waals surface area contributed by atoms with Crippen LogP contribution in [0.5, 0.6) is 0 Å². The van der Waals surface area contributed by atoms with E-state index in [2.05, 4.69) is 9.97 Å². The van der Waals surface area contributed by atoms with Crippen LogP contribution in [0.1, 0.15) is 15.9 Å². The van der Waals surface area contributed by atoms with Gasteiger partial charge in [-0.25, -0.2) is 4.79 Å². The molecule has 118 valence electrons. The minimum atomic E-state index is -1.00. The van der Waals surface area contributed by atoms with E-state index in [9.17, 15) is 14.9 Å². The van der Waals surface area contributed by atoms with Crippen LogP contribution in [0.15, 0.2) is 41.2 Å². The molecule has 0 bridgehead atoms. The molecule has 24 heavy (non-hydrogen) atoms. The van der Waals surface area contributed by atoms with Crippen molar-refractivity contribution < 1.29 is 9.90 Å². The van der Waals surface area contributed by atoms with Crippen LogP contribution in [0, 0.1) is 16.1 Å². The summed E-state index contributed by atoms with van der Waals surface area (Å²) in [5, 5.41) is 18.3. The lowest BCUT2D eigenvalue weighted by atomic mass is 10.1. The van der Waals surface area contributed by atoms with Crippen molar-refractivity contribution in [3.8, 4) is 27.1 Å². The van der Waals surface area contributed by atoms with E-state index < -0.39 is 11.5 Å². The number of carboxylic acids is 1. The predicted molar refractivity (Wildman–Crippen MR) is 92.7 cm³/mol. The van der Waals surface area contributed by atoms with Crippen LogP contribution in [-0.4, -0.2) is 21.0 Å². The van der Waals surface area contributed by atoms with Crippen LogP contribution in [0.3, 0.4) is 0 Å². The second kappa shape index (κ2) is 6.23. The highest BCUT2D eigenvalue weighted by molar-refractivity contribution is 7.71. The second-order valence-electron chi connectivity index (χ2n) is 4.82. The molecule has 6 nitrogen and oxygen atoms in total. The molecule has 0 aliphatic heterocycles. The van der Waals surface area contributed by atoms with Crippen LogP contribution in [0.25, 0.3) is 21.0 Å². The van der Waals surface area contributed by atoms with Crippen molar-refractivity contribution in [3.63, 3.8) is 0 Å². The normalized spacial score (nSPS) is 10.3. The lowest BCUT2D eigenvalue weighted by molar-refractivity contribution is 0.0697. The molecule has 0 aliphatic carbocycles. The molecule has 0 atom stereocenters. The average molecular weight is 355 g/mol. The van der Waals surface area contributed by atoms with E-state index in [1.54, 1.807) is 30.3 Å². The summed E-state index contributed by atoms with van der Waals surface area (Å²) in [6.45, 7) is 0. The summed E-state index contributed by atoms with van der Waals surface area (Å²) in [5.41, 5.74) is 0.705. The molecule has 0 radical (unpaired) electrons. The van der Waals surface area contributed by atoms with Crippen LogP contribution >= 0.6 is 23.6 Å². The van der Waals surface area contributed by atoms with Crippen molar-refractivity contribution in [3.05, 3.63) is 62.6 Å². The Balaban J connectivity index is 2.12. The molecule has 3 N–H and O–H groups in total. The quantitative estimate of drug-likeness (QED) is 0.624. The number of nitriles is 1. The number of aromatic carboxylic acids is 1. The van der Waals surface area contributed by atoms with Crippen molar-refractivity contribution >= 4 is 29.5 Å². The molecule has 0 saturated heterocycles. The lowest BCUT2D eigenvalue weighted by Crippen LogP contribution is -2.13. The molecule has 2 aromatic heterocycles. The molecule has 1 aromatic carbocycles. The summed E-state index contributed by atoms with van der Waals surface area (Å²) in [5.74, 6) is -1.00. The first kappa shape index (κ1) is 15.9. The Bertz CT molecular complexity index is 1100. The van der Waals surface area contributed by atoms with Crippen LogP contribution in [0.4, 0.5) is 0 Å². The van der Waals surface area contributed by atoms with E-state index in [4.69, 9.17) is 17.3 Å². The Morgan fingerprint density at radius 2 is 1.96 bits per heavy atom. The molecule has 0 spiro atoms. The monoisotopic (exact) mass is 355 g/mol. The summed E-state index contributed by atoms with van der Waals surface area (Å²) in [6, 6.07) is 12.0. The Morgan fingerprint density at radius 1 is 1.21 bits per heavy atom. The zero-order valence-corrected chi connectivity index (χ0v) is 13.6. The molecule has 3 aromatic rings. The third-order valence-electron chi connectivity index (χ3n) is 3.30. The van der Waals surface area contributed by atoms with Gasteiger partial charge in [0, 0.05) is 4.88 Å². The third kappa shape index (κ3) is 2.90. The third-order valence-corrected chi connectivity index (χ3v) is 4.66. The van der Waals surface area contributed by atoms with Crippen molar-refractivity contribution in [1.29, 1.82) is 5.26 Å². The van der Waals surface area contributed by atoms with Crippen molar-refractivity contribution in [2.75, 3.05) is 0 Å². The van der Waals surface area contributed by atoms with Gasteiger partial charge in [-0.05, 0) is 42.0 Å². The van der Waals surface area contributed by atoms with E-state index in [0.29, 0.717) is 10.6 Å². The molecule has 2 heterocycles. The number of benzene rings is 1. The van der Waals surface area contributed by atoms with Gasteiger partial charge in [0.25, 0.3) is 5.56 Å². The largest absolute Gasteiger partial charge is 0.478 e. The van der Waals surface area contributed by atoms with Gasteiger partial charge in [-0.1, -0.05) is 12.1 Å². The number of hydrogen-bond donors (Lipinski definition) is 3. The number of hydrogen-bond acceptors (Lipinski definition) is 5. The van der Waals surface area contributed by atoms with Gasteiger partial charge in [0.05, 0.1) is 16.1 Å². The molecular formula is C16H9N3O3S2. The van der Waals surface area contributed by atoms with Crippen molar-refractivity contribution in [1.82, 2.24) is 9.97 Å². The lowest BCUT2D eigenvalue weighted by Gasteiger charge is -2.01. The molecule has 3 rings (SSSR count). The maximum atomic E-state index is 11.8. The van der Waals surface area contributed by atoms with Gasteiger partial charge in [-0.2, -0.15) is 5.26 Å². The predicted octanol–water partition coefficient (Wildman–Crippen LogP) is 3.40. The summed E-state index contributed by atoms with van der Waals surface area (Å²) >= 11 is 6.29. The zero-order chi connectivity index (χ0) is 17.3. The van der Waals surface area contributed by atoms with Gasteiger partial charge in [0.2, 0.25) is 0 Å². The summed E-state index contributed by atoms with van der Waals surface area (Å²) in [6.07, 6.45) is 0. The SMILES string of the molecule is N#Cc1c(-c2ccc(-c3cccc(C(=O)O)c3)s2)[nH]c(=S)[nH]c1=O. The van der Waals surface area contributed by atoms with E-state index >= 15 is 0 Å². The number of aromatic amines is 2. The topological polar surface area (TPSA) is 110 Å². The van der Waals surface area contributed by atoms with Gasteiger partial charge >= 0.3 is 5.97 Å². The highest BCUT2D eigenvalue weighted by Gasteiger charge is 2.13. The maximum Gasteiger partial charge on any atom is 0.335 e. The van der Waals surface area contributed by atoms with Crippen molar-refractivity contribution in [2.24, 2.45) is 0 Å². The first-order chi connectivity index (χ1) is 11.5. The van der Waals surface area contributed by atoms with Gasteiger partial charge in [-0.3, -0.25) is 9.78 Å². The summed E-state index contributed by atoms with van der Waals surface area (Å²) in [4.78, 5) is 29.6. The van der Waals surface area contributed by atoms with E-state index in [1.807, 2.05) is 6.07 Å². The second-order valence-corrected chi connectivity index (χ2v) is 6.31. The summed E-state index contributed by atoms with van der Waals surface area (Å²) < 4.78 is 0.136. The molecule has 0 unspecified atom stereocenters. The van der Waals surface area contributed by atoms with E-state index in [-0.39, 0.29) is 15.9 Å². The van der Waals surface area contributed by atoms with E-state index in [1.165, 1.54) is 17.4 Å². The number of nitrogens with one attached hydrogen (secondary N) is 2. The molecule has 0 amide bonds. The Kier molecular flexibility index (Phi) is 4.12. The molecular weight excluding hydrogens is 346 g/mol. The highest BCUT2D eigenvalue weighted by atomic mass is 32.1. The standard InChI is InChI=1S/C16H9N3O3S2/c17-7-10-13(18-16(23)19-14(10)20)12-5-4-11(24-12)8-2-1-3-9(6-8)15(21)22/h1-6H,(H,21,22)(H2,18,19,20,23). The fourth-order valence-corrected chi connectivity index (χ4v) is 3.41. The number of carbonyl (C=O) groups is 1. The number of H-pyrrole nitrogens is 2. The number of nitrogens with zero attached hydrogens (tertiary/aromatic N) is 1. The molecule has 0 fully saturated rings. The first-order valence-corrected chi connectivity index (χ1v) is 7.92. The Morgan fingerprint density at radius 3 is 2.67 bits per heavy atom. The fourth-order valence-electron chi connectivity index (χ4n) is 2.21.